The largest absolute Gasteiger partial charge is 0.454 e. The van der Waals surface area contributed by atoms with Crippen LogP contribution in [0.5, 0.6) is 0 Å². The molecule has 0 saturated carbocycles. The molecule has 0 N–H and O–H groups in total. The highest BCUT2D eigenvalue weighted by Crippen LogP contribution is 2.41. The van der Waals surface area contributed by atoms with Crippen molar-refractivity contribution in [2.24, 2.45) is 0 Å². The summed E-state index contributed by atoms with van der Waals surface area (Å²) in [6.07, 6.45) is 0. The number of hydrogen-bond donors (Lipinski definition) is 0. The molecule has 6 aromatic carbocycles. The van der Waals surface area contributed by atoms with Crippen molar-refractivity contribution in [3.63, 3.8) is 0 Å². The van der Waals surface area contributed by atoms with Gasteiger partial charge in [-0.05, 0) is 82.9 Å². The molecule has 0 aliphatic rings. The highest BCUT2D eigenvalue weighted by molar-refractivity contribution is 7.25. The first kappa shape index (κ1) is 22.7. The molecule has 0 fully saturated rings. The first-order valence-corrected chi connectivity index (χ1v) is 14.7. The Morgan fingerprint density at radius 2 is 1.15 bits per heavy atom. The van der Waals surface area contributed by atoms with E-state index >= 15 is 0 Å². The molecule has 2 nitrogen and oxygen atoms in total. The van der Waals surface area contributed by atoms with E-state index in [1.165, 1.54) is 36.9 Å². The first-order chi connectivity index (χ1) is 20.3. The van der Waals surface area contributed by atoms with Crippen molar-refractivity contribution in [2.75, 3.05) is 0 Å². The molecule has 0 aliphatic carbocycles. The number of para-hydroxylation sites is 2. The average molecular weight is 542 g/mol. The van der Waals surface area contributed by atoms with Crippen LogP contribution in [0.1, 0.15) is 0 Å². The number of thiophene rings is 1. The van der Waals surface area contributed by atoms with Crippen molar-refractivity contribution in [1.82, 2.24) is 4.57 Å². The van der Waals surface area contributed by atoms with Crippen LogP contribution in [0.15, 0.2) is 144 Å². The van der Waals surface area contributed by atoms with Crippen molar-refractivity contribution < 1.29 is 4.42 Å². The third-order valence-electron chi connectivity index (χ3n) is 8.20. The number of benzene rings is 6. The van der Waals surface area contributed by atoms with Gasteiger partial charge in [0.2, 0.25) is 0 Å². The second kappa shape index (κ2) is 8.69. The fourth-order valence-electron chi connectivity index (χ4n) is 6.28. The van der Waals surface area contributed by atoms with Crippen LogP contribution in [0, 0.1) is 0 Å². The zero-order valence-corrected chi connectivity index (χ0v) is 22.9. The maximum absolute atomic E-state index is 6.61. The topological polar surface area (TPSA) is 18.1 Å². The summed E-state index contributed by atoms with van der Waals surface area (Å²) in [7, 11) is 0. The minimum Gasteiger partial charge on any atom is -0.454 e. The van der Waals surface area contributed by atoms with Crippen molar-refractivity contribution in [3.8, 4) is 27.9 Å². The second-order valence-corrected chi connectivity index (χ2v) is 11.7. The van der Waals surface area contributed by atoms with Crippen LogP contribution in [0.2, 0.25) is 0 Å². The Bertz CT molecular complexity index is 2420. The number of nitrogens with zero attached hydrogens (tertiary/aromatic N) is 1. The minimum atomic E-state index is 0.902. The van der Waals surface area contributed by atoms with Gasteiger partial charge in [0.15, 0.2) is 5.58 Å². The average Bonchev–Trinajstić information content (AvgIpc) is 3.69. The fraction of sp³-hybridized carbons (Fsp3) is 0. The van der Waals surface area contributed by atoms with Crippen LogP contribution in [0.3, 0.4) is 0 Å². The quantitative estimate of drug-likeness (QED) is 0.217. The van der Waals surface area contributed by atoms with Crippen LogP contribution in [0.4, 0.5) is 0 Å². The van der Waals surface area contributed by atoms with Crippen LogP contribution in [0.25, 0.3) is 81.1 Å². The van der Waals surface area contributed by atoms with E-state index in [1.54, 1.807) is 0 Å². The van der Waals surface area contributed by atoms with E-state index in [1.807, 2.05) is 11.3 Å². The SMILES string of the molecule is c1ccc(-n2c3ccccc3c3oc4cc(-c5cccc(-c6ccc7sc8ccccc8c7c6)c5)ccc4c32)cc1. The summed E-state index contributed by atoms with van der Waals surface area (Å²) >= 11 is 1.86. The number of fused-ring (bicyclic) bond motifs is 8. The summed E-state index contributed by atoms with van der Waals surface area (Å²) in [5.74, 6) is 0. The van der Waals surface area contributed by atoms with Crippen molar-refractivity contribution in [2.45, 2.75) is 0 Å². The Morgan fingerprint density at radius 3 is 2.02 bits per heavy atom. The van der Waals surface area contributed by atoms with Crippen molar-refractivity contribution >= 4 is 64.5 Å². The zero-order chi connectivity index (χ0) is 26.9. The lowest BCUT2D eigenvalue weighted by Gasteiger charge is -2.08. The van der Waals surface area contributed by atoms with Gasteiger partial charge >= 0.3 is 0 Å². The Balaban J connectivity index is 1.19. The van der Waals surface area contributed by atoms with E-state index in [2.05, 4.69) is 144 Å². The summed E-state index contributed by atoms with van der Waals surface area (Å²) in [5, 5.41) is 4.90. The van der Waals surface area contributed by atoms with Gasteiger partial charge in [-0.3, -0.25) is 0 Å². The van der Waals surface area contributed by atoms with Crippen LogP contribution >= 0.6 is 11.3 Å². The highest BCUT2D eigenvalue weighted by Gasteiger charge is 2.19. The molecule has 0 bridgehead atoms. The monoisotopic (exact) mass is 541 g/mol. The van der Waals surface area contributed by atoms with Gasteiger partial charge in [-0.15, -0.1) is 11.3 Å². The zero-order valence-electron chi connectivity index (χ0n) is 22.0. The molecule has 0 aliphatic heterocycles. The molecular weight excluding hydrogens is 518 g/mol. The van der Waals surface area contributed by atoms with Gasteiger partial charge in [-0.1, -0.05) is 78.9 Å². The maximum Gasteiger partial charge on any atom is 0.161 e. The van der Waals surface area contributed by atoms with Gasteiger partial charge in [-0.2, -0.15) is 0 Å². The Labute approximate surface area is 240 Å². The predicted octanol–water partition coefficient (Wildman–Crippen LogP) is 11.2. The van der Waals surface area contributed by atoms with Crippen LogP contribution in [-0.2, 0) is 0 Å². The molecule has 3 heterocycles. The molecule has 192 valence electrons. The van der Waals surface area contributed by atoms with E-state index in [0.717, 1.165) is 44.2 Å². The second-order valence-electron chi connectivity index (χ2n) is 10.6. The predicted molar refractivity (Wildman–Crippen MR) is 174 cm³/mol. The van der Waals surface area contributed by atoms with Crippen LogP contribution < -0.4 is 0 Å². The normalized spacial score (nSPS) is 11.9. The summed E-state index contributed by atoms with van der Waals surface area (Å²) in [6, 6.07) is 50.0. The van der Waals surface area contributed by atoms with Gasteiger partial charge < -0.3 is 8.98 Å². The van der Waals surface area contributed by atoms with E-state index in [-0.39, 0.29) is 0 Å². The number of furan rings is 1. The molecule has 3 aromatic heterocycles. The lowest BCUT2D eigenvalue weighted by atomic mass is 9.97. The minimum absolute atomic E-state index is 0.902. The molecule has 0 radical (unpaired) electrons. The summed E-state index contributed by atoms with van der Waals surface area (Å²) in [4.78, 5) is 0. The molecule has 41 heavy (non-hydrogen) atoms. The number of rotatable bonds is 3. The molecule has 0 saturated heterocycles. The van der Waals surface area contributed by atoms with Gasteiger partial charge in [0.05, 0.1) is 5.52 Å². The summed E-state index contributed by atoms with van der Waals surface area (Å²) in [6.45, 7) is 0. The van der Waals surface area contributed by atoms with E-state index in [0.29, 0.717) is 0 Å². The molecule has 0 spiro atoms. The van der Waals surface area contributed by atoms with E-state index in [9.17, 15) is 0 Å². The molecule has 3 heteroatoms. The van der Waals surface area contributed by atoms with Gasteiger partial charge in [-0.25, -0.2) is 0 Å². The third-order valence-corrected chi connectivity index (χ3v) is 9.35. The molecule has 0 amide bonds. The fourth-order valence-corrected chi connectivity index (χ4v) is 7.36. The molecule has 0 atom stereocenters. The standard InChI is InChI=1S/C38H23NOS/c1-2-11-28(12-3-1)39-33-15-6-4-14-30(33)38-37(39)31-19-17-27(23-34(31)40-38)25-10-8-9-24(21-25)26-18-20-36-32(22-26)29-13-5-7-16-35(29)41-36/h1-23H. The Kier molecular flexibility index (Phi) is 4.80. The van der Waals surface area contributed by atoms with Gasteiger partial charge in [0.25, 0.3) is 0 Å². The molecule has 9 aromatic rings. The van der Waals surface area contributed by atoms with Crippen molar-refractivity contribution in [3.05, 3.63) is 140 Å². The molecule has 9 rings (SSSR count). The van der Waals surface area contributed by atoms with Gasteiger partial charge in [0, 0.05) is 36.6 Å². The van der Waals surface area contributed by atoms with Gasteiger partial charge in [0.1, 0.15) is 11.1 Å². The molecular formula is C38H23NOS. The lowest BCUT2D eigenvalue weighted by molar-refractivity contribution is 0.673. The van der Waals surface area contributed by atoms with E-state index in [4.69, 9.17) is 4.42 Å². The summed E-state index contributed by atoms with van der Waals surface area (Å²) < 4.78 is 11.6. The summed E-state index contributed by atoms with van der Waals surface area (Å²) in [5.41, 5.74) is 10.0. The third kappa shape index (κ3) is 3.43. The number of aromatic nitrogens is 1. The highest BCUT2D eigenvalue weighted by atomic mass is 32.1. The van der Waals surface area contributed by atoms with Crippen molar-refractivity contribution in [1.29, 1.82) is 0 Å². The smallest absolute Gasteiger partial charge is 0.161 e. The van der Waals surface area contributed by atoms with Crippen LogP contribution in [-0.4, -0.2) is 4.57 Å². The number of hydrogen-bond acceptors (Lipinski definition) is 2. The maximum atomic E-state index is 6.61. The van der Waals surface area contributed by atoms with E-state index < -0.39 is 0 Å². The Morgan fingerprint density at radius 1 is 0.463 bits per heavy atom. The first-order valence-electron chi connectivity index (χ1n) is 13.9. The Hall–Kier alpha value is -5.12. The lowest BCUT2D eigenvalue weighted by Crippen LogP contribution is -1.92. The molecule has 0 unspecified atom stereocenters.